The molecule has 0 aliphatic carbocycles. The van der Waals surface area contributed by atoms with E-state index in [4.69, 9.17) is 0 Å². The van der Waals surface area contributed by atoms with Crippen molar-refractivity contribution >= 4 is 33.1 Å². The van der Waals surface area contributed by atoms with Crippen LogP contribution in [0.1, 0.15) is 23.3 Å². The number of thiophene rings is 1. The first-order chi connectivity index (χ1) is 11.7. The average Bonchev–Trinajstić information content (AvgIpc) is 3.23. The molecular formula is C17H19N5OS. The van der Waals surface area contributed by atoms with E-state index in [0.717, 1.165) is 31.7 Å². The Hall–Kier alpha value is -2.41. The van der Waals surface area contributed by atoms with Crippen LogP contribution < -0.4 is 10.2 Å². The number of nitrogens with one attached hydrogen (secondary N) is 1. The zero-order valence-electron chi connectivity index (χ0n) is 13.5. The van der Waals surface area contributed by atoms with Crippen molar-refractivity contribution in [3.8, 4) is 0 Å². The van der Waals surface area contributed by atoms with Crippen LogP contribution in [0.2, 0.25) is 0 Å². The highest BCUT2D eigenvalue weighted by molar-refractivity contribution is 7.17. The summed E-state index contributed by atoms with van der Waals surface area (Å²) >= 11 is 1.73. The Morgan fingerprint density at radius 3 is 3.08 bits per heavy atom. The summed E-state index contributed by atoms with van der Waals surface area (Å²) in [5, 5.41) is 10.5. The molecule has 7 heteroatoms. The van der Waals surface area contributed by atoms with E-state index in [0.29, 0.717) is 5.69 Å². The van der Waals surface area contributed by atoms with Gasteiger partial charge in [0.15, 0.2) is 0 Å². The standard InChI is InChI=1S/C17H19N5OS/c1-21-14(4-8-19-21)17(23)20-12-3-2-9-22(11-12)16-13-6-10-24-15(13)5-7-18-16/h4-8,10,12H,2-3,9,11H2,1H3,(H,20,23). The van der Waals surface area contributed by atoms with Gasteiger partial charge in [0.25, 0.3) is 5.91 Å². The van der Waals surface area contributed by atoms with Gasteiger partial charge in [-0.3, -0.25) is 9.48 Å². The van der Waals surface area contributed by atoms with Gasteiger partial charge in [-0.25, -0.2) is 4.98 Å². The van der Waals surface area contributed by atoms with E-state index in [1.165, 1.54) is 10.1 Å². The minimum atomic E-state index is -0.0662. The predicted molar refractivity (Wildman–Crippen MR) is 95.5 cm³/mol. The molecule has 24 heavy (non-hydrogen) atoms. The molecule has 1 amide bonds. The van der Waals surface area contributed by atoms with Gasteiger partial charge in [0.1, 0.15) is 11.5 Å². The Kier molecular flexibility index (Phi) is 3.93. The van der Waals surface area contributed by atoms with Gasteiger partial charge in [0, 0.05) is 48.7 Å². The predicted octanol–water partition coefficient (Wildman–Crippen LogP) is 2.43. The number of pyridine rings is 1. The Morgan fingerprint density at radius 2 is 2.25 bits per heavy atom. The zero-order valence-corrected chi connectivity index (χ0v) is 14.3. The maximum atomic E-state index is 12.4. The normalized spacial score (nSPS) is 18.0. The third-order valence-electron chi connectivity index (χ3n) is 4.47. The summed E-state index contributed by atoms with van der Waals surface area (Å²) in [5.41, 5.74) is 0.588. The molecule has 1 unspecified atom stereocenters. The molecule has 3 aromatic rings. The number of carbonyl (C=O) groups is 1. The van der Waals surface area contributed by atoms with Gasteiger partial charge in [0.2, 0.25) is 0 Å². The first-order valence-electron chi connectivity index (χ1n) is 8.08. The first-order valence-corrected chi connectivity index (χ1v) is 8.96. The lowest BCUT2D eigenvalue weighted by molar-refractivity contribution is 0.0923. The Labute approximate surface area is 144 Å². The number of nitrogens with zero attached hydrogens (tertiary/aromatic N) is 4. The van der Waals surface area contributed by atoms with Crippen molar-refractivity contribution in [2.75, 3.05) is 18.0 Å². The molecule has 0 saturated carbocycles. The van der Waals surface area contributed by atoms with Gasteiger partial charge < -0.3 is 10.2 Å². The van der Waals surface area contributed by atoms with Gasteiger partial charge in [-0.1, -0.05) is 0 Å². The molecule has 1 aliphatic heterocycles. The maximum absolute atomic E-state index is 12.4. The van der Waals surface area contributed by atoms with Crippen molar-refractivity contribution in [3.05, 3.63) is 41.7 Å². The second-order valence-electron chi connectivity index (χ2n) is 6.07. The average molecular weight is 341 g/mol. The van der Waals surface area contributed by atoms with Crippen LogP contribution in [0.3, 0.4) is 0 Å². The largest absolute Gasteiger partial charge is 0.354 e. The minimum absolute atomic E-state index is 0.0662. The maximum Gasteiger partial charge on any atom is 0.269 e. The fraction of sp³-hybridized carbons (Fsp3) is 0.353. The van der Waals surface area contributed by atoms with Gasteiger partial charge in [-0.2, -0.15) is 5.10 Å². The molecule has 6 nitrogen and oxygen atoms in total. The van der Waals surface area contributed by atoms with Crippen molar-refractivity contribution in [2.45, 2.75) is 18.9 Å². The summed E-state index contributed by atoms with van der Waals surface area (Å²) < 4.78 is 2.85. The monoisotopic (exact) mass is 341 g/mol. The summed E-state index contributed by atoms with van der Waals surface area (Å²) in [7, 11) is 1.78. The molecular weight excluding hydrogens is 322 g/mol. The number of aromatic nitrogens is 3. The Morgan fingerprint density at radius 1 is 1.33 bits per heavy atom. The lowest BCUT2D eigenvalue weighted by atomic mass is 10.0. The number of rotatable bonds is 3. The summed E-state index contributed by atoms with van der Waals surface area (Å²) in [5.74, 6) is 0.955. The van der Waals surface area contributed by atoms with Gasteiger partial charge in [0.05, 0.1) is 0 Å². The van der Waals surface area contributed by atoms with E-state index in [2.05, 4.69) is 37.8 Å². The summed E-state index contributed by atoms with van der Waals surface area (Å²) in [6, 6.07) is 6.04. The van der Waals surface area contributed by atoms with Crippen LogP contribution in [0.5, 0.6) is 0 Å². The number of fused-ring (bicyclic) bond motifs is 1. The van der Waals surface area contributed by atoms with Gasteiger partial charge in [-0.05, 0) is 36.4 Å². The van der Waals surface area contributed by atoms with E-state index in [9.17, 15) is 4.79 Å². The van der Waals surface area contributed by atoms with Gasteiger partial charge >= 0.3 is 0 Å². The number of hydrogen-bond acceptors (Lipinski definition) is 5. The molecule has 0 aromatic carbocycles. The highest BCUT2D eigenvalue weighted by atomic mass is 32.1. The smallest absolute Gasteiger partial charge is 0.269 e. The topological polar surface area (TPSA) is 63.1 Å². The quantitative estimate of drug-likeness (QED) is 0.795. The SMILES string of the molecule is Cn1nccc1C(=O)NC1CCCN(c2nccc3sccc23)C1. The molecule has 0 radical (unpaired) electrons. The molecule has 1 aliphatic rings. The van der Waals surface area contributed by atoms with Crippen molar-refractivity contribution < 1.29 is 4.79 Å². The molecule has 1 N–H and O–H groups in total. The molecule has 1 atom stereocenters. The summed E-state index contributed by atoms with van der Waals surface area (Å²) in [6.45, 7) is 1.76. The van der Waals surface area contributed by atoms with Gasteiger partial charge in [-0.15, -0.1) is 11.3 Å². The number of aryl methyl sites for hydroxylation is 1. The van der Waals surface area contributed by atoms with Crippen LogP contribution in [-0.4, -0.2) is 39.8 Å². The van der Waals surface area contributed by atoms with Crippen molar-refractivity contribution in [1.82, 2.24) is 20.1 Å². The fourth-order valence-corrected chi connectivity index (χ4v) is 4.05. The van der Waals surface area contributed by atoms with Crippen LogP contribution in [0, 0.1) is 0 Å². The third-order valence-corrected chi connectivity index (χ3v) is 5.35. The van der Waals surface area contributed by atoms with E-state index in [1.807, 2.05) is 6.20 Å². The number of hydrogen-bond donors (Lipinski definition) is 1. The Bertz CT molecular complexity index is 871. The van der Waals surface area contributed by atoms with Crippen LogP contribution in [0.15, 0.2) is 36.0 Å². The zero-order chi connectivity index (χ0) is 16.5. The van der Waals surface area contributed by atoms with E-state index >= 15 is 0 Å². The summed E-state index contributed by atoms with van der Waals surface area (Å²) in [4.78, 5) is 19.3. The van der Waals surface area contributed by atoms with E-state index < -0.39 is 0 Å². The number of piperidine rings is 1. The number of anilines is 1. The highest BCUT2D eigenvalue weighted by Crippen LogP contribution is 2.30. The van der Waals surface area contributed by atoms with Crippen LogP contribution in [-0.2, 0) is 7.05 Å². The first kappa shape index (κ1) is 15.1. The lowest BCUT2D eigenvalue weighted by Gasteiger charge is -2.34. The Balaban J connectivity index is 1.51. The van der Waals surface area contributed by atoms with E-state index in [1.54, 1.807) is 35.3 Å². The molecule has 1 fully saturated rings. The second kappa shape index (κ2) is 6.24. The van der Waals surface area contributed by atoms with Crippen molar-refractivity contribution in [1.29, 1.82) is 0 Å². The molecule has 4 rings (SSSR count). The second-order valence-corrected chi connectivity index (χ2v) is 7.01. The molecule has 124 valence electrons. The highest BCUT2D eigenvalue weighted by Gasteiger charge is 2.24. The van der Waals surface area contributed by atoms with Crippen molar-refractivity contribution in [3.63, 3.8) is 0 Å². The number of carbonyl (C=O) groups excluding carboxylic acids is 1. The summed E-state index contributed by atoms with van der Waals surface area (Å²) in [6.07, 6.45) is 5.54. The number of amides is 1. The van der Waals surface area contributed by atoms with Crippen molar-refractivity contribution in [2.24, 2.45) is 7.05 Å². The van der Waals surface area contributed by atoms with Crippen LogP contribution in [0.25, 0.3) is 10.1 Å². The molecule has 0 bridgehead atoms. The molecule has 3 aromatic heterocycles. The minimum Gasteiger partial charge on any atom is -0.354 e. The van der Waals surface area contributed by atoms with Crippen LogP contribution >= 0.6 is 11.3 Å². The molecule has 0 spiro atoms. The molecule has 1 saturated heterocycles. The van der Waals surface area contributed by atoms with E-state index in [-0.39, 0.29) is 11.9 Å². The third kappa shape index (κ3) is 2.75. The molecule has 4 heterocycles. The van der Waals surface area contributed by atoms with Crippen LogP contribution in [0.4, 0.5) is 5.82 Å². The fourth-order valence-electron chi connectivity index (χ4n) is 3.28. The lowest BCUT2D eigenvalue weighted by Crippen LogP contribution is -2.48.